The van der Waals surface area contributed by atoms with Crippen molar-refractivity contribution in [2.75, 3.05) is 132 Å². The van der Waals surface area contributed by atoms with Gasteiger partial charge in [0.1, 0.15) is 6.61 Å². The minimum atomic E-state index is -0.986. The van der Waals surface area contributed by atoms with Crippen LogP contribution in [-0.2, 0) is 61.8 Å². The Bertz CT molecular complexity index is 710. The maximum atomic E-state index is 11.3. The number of hydrogen-bond acceptors (Lipinski definition) is 13. The summed E-state index contributed by atoms with van der Waals surface area (Å²) in [5, 5.41) is 11.2. The van der Waals surface area contributed by atoms with E-state index in [0.29, 0.717) is 137 Å². The number of carboxylic acids is 1. The van der Waals surface area contributed by atoms with Crippen LogP contribution in [0.15, 0.2) is 12.2 Å². The molecule has 0 aromatic rings. The number of carbonyl (C=O) groups excluding carboxylic acids is 2. The number of rotatable bonds is 35. The first-order valence-corrected chi connectivity index (χ1v) is 14.9. The lowest BCUT2D eigenvalue weighted by atomic mass is 10.3. The van der Waals surface area contributed by atoms with E-state index in [9.17, 15) is 14.4 Å². The molecule has 0 radical (unpaired) electrons. The van der Waals surface area contributed by atoms with Crippen molar-refractivity contribution >= 4 is 17.8 Å². The Morgan fingerprint density at radius 3 is 1.16 bits per heavy atom. The third-order valence-electron chi connectivity index (χ3n) is 5.14. The maximum Gasteiger partial charge on any atom is 0.333 e. The van der Waals surface area contributed by atoms with Gasteiger partial charge in [0, 0.05) is 25.1 Å². The molecule has 258 valence electrons. The van der Waals surface area contributed by atoms with Gasteiger partial charge >= 0.3 is 11.9 Å². The van der Waals surface area contributed by atoms with Crippen molar-refractivity contribution in [1.82, 2.24) is 5.32 Å². The summed E-state index contributed by atoms with van der Waals surface area (Å²) in [5.41, 5.74) is 0.363. The first-order chi connectivity index (χ1) is 21.4. The lowest BCUT2D eigenvalue weighted by Gasteiger charge is -2.09. The van der Waals surface area contributed by atoms with Gasteiger partial charge in [0.2, 0.25) is 5.91 Å². The van der Waals surface area contributed by atoms with Crippen molar-refractivity contribution in [2.24, 2.45) is 0 Å². The molecule has 15 heteroatoms. The molecule has 0 aromatic carbocycles. The molecule has 0 rings (SSSR count). The van der Waals surface area contributed by atoms with Gasteiger partial charge in [0.05, 0.1) is 119 Å². The molecule has 0 aliphatic heterocycles. The third-order valence-corrected chi connectivity index (χ3v) is 5.14. The van der Waals surface area contributed by atoms with E-state index in [4.69, 9.17) is 52.5 Å². The molecule has 1 amide bonds. The van der Waals surface area contributed by atoms with Crippen molar-refractivity contribution in [2.45, 2.75) is 26.2 Å². The summed E-state index contributed by atoms with van der Waals surface area (Å²) >= 11 is 0. The van der Waals surface area contributed by atoms with E-state index in [1.807, 2.05) is 0 Å². The Balaban J connectivity index is 3.11. The number of carbonyl (C=O) groups is 3. The van der Waals surface area contributed by atoms with Gasteiger partial charge in [-0.15, -0.1) is 0 Å². The number of aliphatic carboxylic acids is 1. The highest BCUT2D eigenvalue weighted by Crippen LogP contribution is 1.92. The van der Waals surface area contributed by atoms with Crippen LogP contribution in [0, 0.1) is 0 Å². The molecule has 0 bridgehead atoms. The van der Waals surface area contributed by atoms with Crippen LogP contribution in [0.1, 0.15) is 26.2 Å². The number of ether oxygens (including phenoxy) is 10. The number of carboxylic acid groups (broad SMARTS) is 1. The van der Waals surface area contributed by atoms with Crippen LogP contribution in [0.4, 0.5) is 0 Å². The molecule has 0 aliphatic carbocycles. The summed E-state index contributed by atoms with van der Waals surface area (Å²) < 4.78 is 53.6. The van der Waals surface area contributed by atoms with Gasteiger partial charge < -0.3 is 57.8 Å². The first kappa shape index (κ1) is 41.8. The minimum Gasteiger partial charge on any atom is -0.481 e. The predicted octanol–water partition coefficient (Wildman–Crippen LogP) is 0.626. The highest BCUT2D eigenvalue weighted by atomic mass is 16.6. The fraction of sp³-hybridized carbons (Fsp3) is 0.828. The SMILES string of the molecule is C=C(C)C(=O)OCCOCCOCCOCCOCCOCCOCCOCCOCCOCCCNC(=O)CCC(=O)O. The Kier molecular flexibility index (Phi) is 32.0. The number of esters is 1. The number of nitrogens with one attached hydrogen (secondary N) is 1. The van der Waals surface area contributed by atoms with Gasteiger partial charge in [0.15, 0.2) is 0 Å². The van der Waals surface area contributed by atoms with Gasteiger partial charge in [-0.05, 0) is 13.3 Å². The summed E-state index contributed by atoms with van der Waals surface area (Å²) in [6, 6.07) is 0. The molecule has 0 unspecified atom stereocenters. The lowest BCUT2D eigenvalue weighted by Crippen LogP contribution is -2.25. The monoisotopic (exact) mass is 639 g/mol. The van der Waals surface area contributed by atoms with E-state index in [2.05, 4.69) is 11.9 Å². The molecular weight excluding hydrogens is 586 g/mol. The molecule has 15 nitrogen and oxygen atoms in total. The average Bonchev–Trinajstić information content (AvgIpc) is 3.00. The van der Waals surface area contributed by atoms with Crippen molar-refractivity contribution in [3.8, 4) is 0 Å². The van der Waals surface area contributed by atoms with Gasteiger partial charge in [-0.2, -0.15) is 0 Å². The smallest absolute Gasteiger partial charge is 0.333 e. The second kappa shape index (κ2) is 33.7. The Morgan fingerprint density at radius 2 is 0.841 bits per heavy atom. The largest absolute Gasteiger partial charge is 0.481 e. The summed E-state index contributed by atoms with van der Waals surface area (Å²) in [7, 11) is 0. The number of amides is 1. The standard InChI is InChI=1S/C29H53NO14/c1-26(2)29(34)44-25-24-43-23-22-42-21-20-41-19-18-40-17-16-39-15-14-38-13-12-37-11-10-36-9-8-35-7-3-6-30-27(31)4-5-28(32)33/h1,3-25H2,2H3,(H,30,31)(H,32,33). The first-order valence-electron chi connectivity index (χ1n) is 14.9. The molecule has 44 heavy (non-hydrogen) atoms. The van der Waals surface area contributed by atoms with Crippen LogP contribution in [0.5, 0.6) is 0 Å². The predicted molar refractivity (Wildman–Crippen MR) is 158 cm³/mol. The van der Waals surface area contributed by atoms with Crippen molar-refractivity contribution in [3.05, 3.63) is 12.2 Å². The zero-order chi connectivity index (χ0) is 32.4. The molecule has 0 heterocycles. The normalized spacial score (nSPS) is 11.0. The quantitative estimate of drug-likeness (QED) is 0.0561. The van der Waals surface area contributed by atoms with E-state index >= 15 is 0 Å². The average molecular weight is 640 g/mol. The van der Waals surface area contributed by atoms with Gasteiger partial charge in [-0.1, -0.05) is 6.58 Å². The van der Waals surface area contributed by atoms with Crippen LogP contribution in [0.25, 0.3) is 0 Å². The fourth-order valence-corrected chi connectivity index (χ4v) is 2.89. The van der Waals surface area contributed by atoms with Gasteiger partial charge in [0.25, 0.3) is 0 Å². The summed E-state index contributed by atoms with van der Waals surface area (Å²) in [6.07, 6.45) is 0.468. The van der Waals surface area contributed by atoms with E-state index in [1.165, 1.54) is 0 Å². The van der Waals surface area contributed by atoms with Crippen LogP contribution in [-0.4, -0.2) is 155 Å². The van der Waals surface area contributed by atoms with Crippen LogP contribution < -0.4 is 5.32 Å². The highest BCUT2D eigenvalue weighted by Gasteiger charge is 2.04. The molecule has 0 aliphatic rings. The molecule has 0 spiro atoms. The Labute approximate surface area is 260 Å². The zero-order valence-corrected chi connectivity index (χ0v) is 26.2. The molecule has 0 saturated heterocycles. The van der Waals surface area contributed by atoms with Crippen LogP contribution >= 0.6 is 0 Å². The molecule has 0 aromatic heterocycles. The van der Waals surface area contributed by atoms with Crippen LogP contribution in [0.2, 0.25) is 0 Å². The summed E-state index contributed by atoms with van der Waals surface area (Å²) in [6.45, 7) is 13.9. The van der Waals surface area contributed by atoms with Gasteiger partial charge in [-0.3, -0.25) is 9.59 Å². The Morgan fingerprint density at radius 1 is 0.523 bits per heavy atom. The molecular formula is C29H53NO14. The van der Waals surface area contributed by atoms with E-state index < -0.39 is 11.9 Å². The van der Waals surface area contributed by atoms with E-state index in [-0.39, 0.29) is 25.4 Å². The summed E-state index contributed by atoms with van der Waals surface area (Å²) in [5.74, 6) is -1.68. The summed E-state index contributed by atoms with van der Waals surface area (Å²) in [4.78, 5) is 32.9. The van der Waals surface area contributed by atoms with E-state index in [1.54, 1.807) is 6.92 Å². The molecule has 0 fully saturated rings. The lowest BCUT2D eigenvalue weighted by molar-refractivity contribution is -0.140. The second-order valence-electron chi connectivity index (χ2n) is 9.02. The van der Waals surface area contributed by atoms with E-state index in [0.717, 1.165) is 0 Å². The van der Waals surface area contributed by atoms with Crippen molar-refractivity contribution in [3.63, 3.8) is 0 Å². The topological polar surface area (TPSA) is 176 Å². The molecule has 2 N–H and O–H groups in total. The molecule has 0 atom stereocenters. The minimum absolute atomic E-state index is 0.0131. The fourth-order valence-electron chi connectivity index (χ4n) is 2.89. The zero-order valence-electron chi connectivity index (χ0n) is 26.2. The highest BCUT2D eigenvalue weighted by molar-refractivity contribution is 5.86. The van der Waals surface area contributed by atoms with Crippen molar-refractivity contribution < 1.29 is 66.9 Å². The second-order valence-corrected chi connectivity index (χ2v) is 9.02. The van der Waals surface area contributed by atoms with Crippen LogP contribution in [0.3, 0.4) is 0 Å². The number of hydrogen-bond donors (Lipinski definition) is 2. The third kappa shape index (κ3) is 34.3. The van der Waals surface area contributed by atoms with Gasteiger partial charge in [-0.25, -0.2) is 4.79 Å². The van der Waals surface area contributed by atoms with Crippen molar-refractivity contribution in [1.29, 1.82) is 0 Å². The Hall–Kier alpha value is -2.21. The maximum absolute atomic E-state index is 11.3. The molecule has 0 saturated carbocycles.